The molecule has 0 spiro atoms. The Balaban J connectivity index is 0.000000142. The van der Waals surface area contributed by atoms with Gasteiger partial charge in [0.05, 0.1) is 11.1 Å². The Morgan fingerprint density at radius 3 is 1.67 bits per heavy atom. The molecule has 0 heterocycles. The second kappa shape index (κ2) is 17.4. The molecule has 0 radical (unpaired) electrons. The second-order valence-electron chi connectivity index (χ2n) is 10.1. The topological polar surface area (TPSA) is 74.6 Å². The third kappa shape index (κ3) is 8.73. The molecule has 0 unspecified atom stereocenters. The SMILES string of the molecule is O=C(O)c1cccc2ccccc12.O=C(O)c1cccc2ccccc12.[C-]1=CC=CC1.[CH2]=[Ti+2].[c-]1cccc2c1Cc1ccccc1-2. The Bertz CT molecular complexity index is 1850. The molecule has 5 heteroatoms. The second-order valence-corrected chi connectivity index (χ2v) is 10.1. The van der Waals surface area contributed by atoms with Crippen molar-refractivity contribution in [2.75, 3.05) is 0 Å². The molecule has 6 aromatic rings. The van der Waals surface area contributed by atoms with Crippen LogP contribution in [-0.2, 0) is 26.4 Å². The minimum absolute atomic E-state index is 0.359. The van der Waals surface area contributed by atoms with E-state index in [1.165, 1.54) is 22.3 Å². The molecular weight excluding hydrogens is 604 g/mol. The van der Waals surface area contributed by atoms with Crippen LogP contribution in [0.15, 0.2) is 146 Å². The van der Waals surface area contributed by atoms with Gasteiger partial charge >= 0.3 is 36.7 Å². The van der Waals surface area contributed by atoms with Crippen LogP contribution in [0.5, 0.6) is 0 Å². The normalized spacial score (nSPS) is 11.3. The number of carboxylic acid groups (broad SMARTS) is 2. The van der Waals surface area contributed by atoms with Gasteiger partial charge in [-0.25, -0.2) is 21.7 Å². The fourth-order valence-corrected chi connectivity index (χ4v) is 5.16. The van der Waals surface area contributed by atoms with Crippen LogP contribution < -0.4 is 0 Å². The van der Waals surface area contributed by atoms with Gasteiger partial charge in [0.25, 0.3) is 0 Å². The number of carboxylic acids is 2. The summed E-state index contributed by atoms with van der Waals surface area (Å²) in [6, 6.07) is 43.6. The predicted molar refractivity (Wildman–Crippen MR) is 184 cm³/mol. The van der Waals surface area contributed by atoms with E-state index in [1.807, 2.05) is 78.9 Å². The standard InChI is InChI=1S/C13H9.2C11H8O2.C5H5.CH2.Ti/c1-3-7-12-10(5-1)9-11-6-2-4-8-13(11)12;2*12-11(13)10-7-3-5-8-4-1-2-6-9(8)10;1-2-4-5-3-1;;/h1-5,7-8H,9H2;2*1-7H,(H,12,13);1-3H,4H2;1H2;/q-1;;;-1;;+2. The summed E-state index contributed by atoms with van der Waals surface area (Å²) in [4.78, 5) is 24.9. The first-order valence-electron chi connectivity index (χ1n) is 14.6. The van der Waals surface area contributed by atoms with Gasteiger partial charge in [0, 0.05) is 0 Å². The smallest absolute Gasteiger partial charge is 0.0253 e. The van der Waals surface area contributed by atoms with Crippen molar-refractivity contribution < 1.29 is 39.8 Å². The molecule has 4 nitrogen and oxygen atoms in total. The van der Waals surface area contributed by atoms with Crippen molar-refractivity contribution >= 4 is 38.3 Å². The molecule has 0 amide bonds. The number of rotatable bonds is 2. The molecule has 2 aliphatic carbocycles. The van der Waals surface area contributed by atoms with E-state index in [9.17, 15) is 9.59 Å². The Morgan fingerprint density at radius 2 is 1.15 bits per heavy atom. The fraction of sp³-hybridized carbons (Fsp3) is 0.0488. The Labute approximate surface area is 280 Å². The number of aromatic carboxylic acids is 2. The first-order chi connectivity index (χ1) is 22.5. The molecule has 2 N–H and O–H groups in total. The zero-order chi connectivity index (χ0) is 32.7. The molecule has 0 atom stereocenters. The van der Waals surface area contributed by atoms with E-state index >= 15 is 0 Å². The van der Waals surface area contributed by atoms with Gasteiger partial charge in [0.15, 0.2) is 0 Å². The van der Waals surface area contributed by atoms with Gasteiger partial charge in [-0.3, -0.25) is 6.08 Å². The van der Waals surface area contributed by atoms with E-state index in [1.54, 1.807) is 44.2 Å². The van der Waals surface area contributed by atoms with Crippen LogP contribution in [0, 0.1) is 12.1 Å². The average Bonchev–Trinajstić information content (AvgIpc) is 3.82. The molecular formula is C41H32O4Ti. The quantitative estimate of drug-likeness (QED) is 0.147. The zero-order valence-electron chi connectivity index (χ0n) is 25.2. The number of hydrogen-bond donors (Lipinski definition) is 2. The van der Waals surface area contributed by atoms with E-state index in [0.29, 0.717) is 11.1 Å². The third-order valence-corrected chi connectivity index (χ3v) is 7.24. The van der Waals surface area contributed by atoms with Crippen molar-refractivity contribution in [2.45, 2.75) is 12.8 Å². The maximum absolute atomic E-state index is 10.8. The summed E-state index contributed by atoms with van der Waals surface area (Å²) in [6.07, 6.45) is 11.0. The van der Waals surface area contributed by atoms with Crippen molar-refractivity contribution in [3.63, 3.8) is 0 Å². The number of fused-ring (bicyclic) bond motifs is 5. The van der Waals surface area contributed by atoms with Gasteiger partial charge < -0.3 is 10.2 Å². The van der Waals surface area contributed by atoms with Crippen LogP contribution in [0.25, 0.3) is 32.7 Å². The minimum Gasteiger partial charge on any atom is -0.179 e. The number of benzene rings is 6. The first kappa shape index (κ1) is 33.7. The molecule has 224 valence electrons. The molecule has 0 fully saturated rings. The third-order valence-electron chi connectivity index (χ3n) is 7.24. The van der Waals surface area contributed by atoms with E-state index in [2.05, 4.69) is 59.4 Å². The Hall–Kier alpha value is -5.16. The predicted octanol–water partition coefficient (Wildman–Crippen LogP) is 9.40. The molecule has 2 aliphatic rings. The summed E-state index contributed by atoms with van der Waals surface area (Å²) in [6.45, 7) is 0. The minimum atomic E-state index is -0.878. The van der Waals surface area contributed by atoms with Crippen LogP contribution in [0.4, 0.5) is 0 Å². The molecule has 6 aromatic carbocycles. The van der Waals surface area contributed by atoms with Crippen LogP contribution in [0.3, 0.4) is 0 Å². The van der Waals surface area contributed by atoms with E-state index in [0.717, 1.165) is 34.4 Å². The van der Waals surface area contributed by atoms with Crippen LogP contribution in [0.1, 0.15) is 38.3 Å². The maximum Gasteiger partial charge on any atom is -0.0253 e. The summed E-state index contributed by atoms with van der Waals surface area (Å²) >= 11 is 1.75. The van der Waals surface area contributed by atoms with Gasteiger partial charge in [0.1, 0.15) is 0 Å². The van der Waals surface area contributed by atoms with Gasteiger partial charge in [-0.1, -0.05) is 108 Å². The summed E-state index contributed by atoms with van der Waals surface area (Å²) in [5.41, 5.74) is 6.23. The number of allylic oxidation sites excluding steroid dienone is 4. The van der Waals surface area contributed by atoms with Crippen LogP contribution >= 0.6 is 0 Å². The summed E-state index contributed by atoms with van der Waals surface area (Å²) in [5.74, 6) is -1.76. The number of hydrogen-bond acceptors (Lipinski definition) is 2. The van der Waals surface area contributed by atoms with Crippen LogP contribution in [0.2, 0.25) is 0 Å². The van der Waals surface area contributed by atoms with Gasteiger partial charge in [0.2, 0.25) is 0 Å². The van der Waals surface area contributed by atoms with E-state index in [-0.39, 0.29) is 0 Å². The first-order valence-corrected chi connectivity index (χ1v) is 15.7. The van der Waals surface area contributed by atoms with Crippen molar-refractivity contribution in [3.05, 3.63) is 180 Å². The summed E-state index contributed by atoms with van der Waals surface area (Å²) in [5, 5.41) is 21.3. The van der Waals surface area contributed by atoms with Gasteiger partial charge in [-0.2, -0.15) is 35.9 Å². The van der Waals surface area contributed by atoms with Crippen molar-refractivity contribution in [1.29, 1.82) is 0 Å². The Morgan fingerprint density at radius 1 is 0.630 bits per heavy atom. The molecule has 0 saturated carbocycles. The maximum atomic E-state index is 10.8. The zero-order valence-corrected chi connectivity index (χ0v) is 26.8. The molecule has 0 aliphatic heterocycles. The molecule has 8 rings (SSSR count). The van der Waals surface area contributed by atoms with Crippen LogP contribution in [-0.4, -0.2) is 27.0 Å². The molecule has 0 aromatic heterocycles. The monoisotopic (exact) mass is 636 g/mol. The van der Waals surface area contributed by atoms with Crippen molar-refractivity contribution in [2.24, 2.45) is 0 Å². The Kier molecular flexibility index (Phi) is 12.7. The molecule has 46 heavy (non-hydrogen) atoms. The van der Waals surface area contributed by atoms with E-state index < -0.39 is 11.9 Å². The van der Waals surface area contributed by atoms with Gasteiger partial charge in [-0.15, -0.1) is 12.0 Å². The largest absolute Gasteiger partial charge is 0.179 e. The summed E-state index contributed by atoms with van der Waals surface area (Å²) in [7, 11) is 0. The van der Waals surface area contributed by atoms with Crippen molar-refractivity contribution in [1.82, 2.24) is 0 Å². The van der Waals surface area contributed by atoms with Gasteiger partial charge in [-0.05, 0) is 40.1 Å². The van der Waals surface area contributed by atoms with E-state index in [4.69, 9.17) is 10.2 Å². The summed E-state index contributed by atoms with van der Waals surface area (Å²) < 4.78 is 0. The van der Waals surface area contributed by atoms with Crippen molar-refractivity contribution in [3.8, 4) is 11.1 Å². The average molecular weight is 637 g/mol. The molecule has 0 saturated heterocycles. The number of carbonyl (C=O) groups is 2. The fourth-order valence-electron chi connectivity index (χ4n) is 5.16. The molecule has 0 bridgehead atoms.